The van der Waals surface area contributed by atoms with Crippen LogP contribution in [0.1, 0.15) is 26.7 Å². The van der Waals surface area contributed by atoms with Gasteiger partial charge in [-0.3, -0.25) is 20.4 Å². The molecule has 0 fully saturated rings. The van der Waals surface area contributed by atoms with Gasteiger partial charge >= 0.3 is 0 Å². The minimum absolute atomic E-state index is 0.248. The van der Waals surface area contributed by atoms with Crippen molar-refractivity contribution in [1.82, 2.24) is 20.4 Å². The summed E-state index contributed by atoms with van der Waals surface area (Å²) >= 11 is 3.28. The fraction of sp³-hybridized carbons (Fsp3) is 0.154. The number of aromatic nitrogens is 2. The maximum absolute atomic E-state index is 11.9. The van der Waals surface area contributed by atoms with Crippen molar-refractivity contribution in [2.24, 2.45) is 7.05 Å². The van der Waals surface area contributed by atoms with E-state index in [-0.39, 0.29) is 5.69 Å². The Balaban J connectivity index is 2.00. The lowest BCUT2D eigenvalue weighted by Gasteiger charge is -2.07. The Morgan fingerprint density at radius 1 is 1.25 bits per heavy atom. The van der Waals surface area contributed by atoms with Crippen LogP contribution in [0, 0.1) is 6.92 Å². The predicted octanol–water partition coefficient (Wildman–Crippen LogP) is 1.57. The van der Waals surface area contributed by atoms with Gasteiger partial charge < -0.3 is 4.57 Å². The summed E-state index contributed by atoms with van der Waals surface area (Å²) in [5.74, 6) is -0.866. The maximum atomic E-state index is 11.9. The number of hydrazine groups is 1. The highest BCUT2D eigenvalue weighted by Gasteiger charge is 2.13. The number of halogens is 1. The van der Waals surface area contributed by atoms with Gasteiger partial charge in [-0.1, -0.05) is 6.07 Å². The van der Waals surface area contributed by atoms with Crippen LogP contribution in [0.3, 0.4) is 0 Å². The van der Waals surface area contributed by atoms with Crippen molar-refractivity contribution in [3.8, 4) is 0 Å². The number of carbonyl (C=O) groups excluding carboxylic acids is 2. The van der Waals surface area contributed by atoms with Crippen molar-refractivity contribution >= 4 is 27.7 Å². The molecule has 0 aliphatic rings. The monoisotopic (exact) mass is 336 g/mol. The van der Waals surface area contributed by atoms with E-state index in [1.807, 2.05) is 0 Å². The van der Waals surface area contributed by atoms with Gasteiger partial charge in [0.1, 0.15) is 11.4 Å². The molecule has 0 aliphatic carbocycles. The molecule has 2 aromatic heterocycles. The Hall–Kier alpha value is -2.15. The highest BCUT2D eigenvalue weighted by molar-refractivity contribution is 9.10. The van der Waals surface area contributed by atoms with E-state index >= 15 is 0 Å². The molecule has 0 saturated carbocycles. The van der Waals surface area contributed by atoms with E-state index < -0.39 is 11.8 Å². The molecule has 0 aromatic carbocycles. The molecular weight excluding hydrogens is 324 g/mol. The fourth-order valence-corrected chi connectivity index (χ4v) is 2.19. The Morgan fingerprint density at radius 2 is 1.95 bits per heavy atom. The third kappa shape index (κ3) is 3.24. The zero-order chi connectivity index (χ0) is 14.7. The molecule has 2 aromatic rings. The lowest BCUT2D eigenvalue weighted by molar-refractivity contribution is 0.0839. The third-order valence-corrected chi connectivity index (χ3v) is 3.05. The molecule has 2 amide bonds. The van der Waals surface area contributed by atoms with E-state index in [0.717, 1.165) is 10.2 Å². The Labute approximate surface area is 124 Å². The molecule has 104 valence electrons. The quantitative estimate of drug-likeness (QED) is 0.817. The molecule has 2 rings (SSSR count). The molecule has 2 N–H and O–H groups in total. The SMILES string of the molecule is Cc1cccc(C(=O)NNC(=O)c2cc(Br)cn2C)n1. The number of hydrogen-bond donors (Lipinski definition) is 2. The van der Waals surface area contributed by atoms with Gasteiger partial charge in [0.2, 0.25) is 0 Å². The molecule has 20 heavy (non-hydrogen) atoms. The molecule has 0 radical (unpaired) electrons. The first-order valence-corrected chi connectivity index (χ1v) is 6.63. The van der Waals surface area contributed by atoms with Crippen molar-refractivity contribution in [3.05, 3.63) is 52.0 Å². The number of rotatable bonds is 2. The second-order valence-electron chi connectivity index (χ2n) is 4.23. The number of amides is 2. The van der Waals surface area contributed by atoms with Crippen molar-refractivity contribution in [2.45, 2.75) is 6.92 Å². The van der Waals surface area contributed by atoms with Crippen molar-refractivity contribution < 1.29 is 9.59 Å². The van der Waals surface area contributed by atoms with Crippen molar-refractivity contribution in [2.75, 3.05) is 0 Å². The molecule has 0 spiro atoms. The van der Waals surface area contributed by atoms with Crippen LogP contribution in [0.25, 0.3) is 0 Å². The summed E-state index contributed by atoms with van der Waals surface area (Å²) in [6.07, 6.45) is 1.75. The summed E-state index contributed by atoms with van der Waals surface area (Å²) in [5.41, 5.74) is 6.09. The van der Waals surface area contributed by atoms with Crippen LogP contribution < -0.4 is 10.9 Å². The minimum atomic E-state index is -0.463. The molecule has 0 unspecified atom stereocenters. The van der Waals surface area contributed by atoms with E-state index in [2.05, 4.69) is 31.8 Å². The summed E-state index contributed by atoms with van der Waals surface area (Å²) in [5, 5.41) is 0. The first-order chi connectivity index (χ1) is 9.47. The van der Waals surface area contributed by atoms with E-state index in [4.69, 9.17) is 0 Å². The predicted molar refractivity (Wildman–Crippen MR) is 77.0 cm³/mol. The Morgan fingerprint density at radius 3 is 2.55 bits per heavy atom. The number of nitrogens with one attached hydrogen (secondary N) is 2. The number of nitrogens with zero attached hydrogens (tertiary/aromatic N) is 2. The first kappa shape index (κ1) is 14.3. The van der Waals surface area contributed by atoms with Crippen LogP contribution in [0.4, 0.5) is 0 Å². The number of aryl methyl sites for hydroxylation is 2. The van der Waals surface area contributed by atoms with E-state index in [0.29, 0.717) is 5.69 Å². The number of carbonyl (C=O) groups is 2. The molecule has 0 saturated heterocycles. The zero-order valence-electron chi connectivity index (χ0n) is 11.0. The van der Waals surface area contributed by atoms with Gasteiger partial charge in [-0.2, -0.15) is 0 Å². The number of hydrogen-bond acceptors (Lipinski definition) is 3. The van der Waals surface area contributed by atoms with E-state index in [1.54, 1.807) is 49.0 Å². The summed E-state index contributed by atoms with van der Waals surface area (Å²) in [6, 6.07) is 6.75. The molecule has 0 bridgehead atoms. The summed E-state index contributed by atoms with van der Waals surface area (Å²) in [7, 11) is 1.74. The normalized spacial score (nSPS) is 10.2. The molecule has 0 aliphatic heterocycles. The van der Waals surface area contributed by atoms with Crippen LogP contribution in [-0.2, 0) is 7.05 Å². The molecule has 7 heteroatoms. The van der Waals surface area contributed by atoms with Crippen LogP contribution in [-0.4, -0.2) is 21.4 Å². The van der Waals surface area contributed by atoms with Gasteiger partial charge in [-0.05, 0) is 41.1 Å². The van der Waals surface area contributed by atoms with E-state index in [1.165, 1.54) is 0 Å². The molecule has 6 nitrogen and oxygen atoms in total. The Bertz CT molecular complexity index is 666. The average Bonchev–Trinajstić information content (AvgIpc) is 2.74. The largest absolute Gasteiger partial charge is 0.345 e. The summed E-state index contributed by atoms with van der Waals surface area (Å²) in [6.45, 7) is 1.79. The van der Waals surface area contributed by atoms with Crippen LogP contribution >= 0.6 is 15.9 Å². The van der Waals surface area contributed by atoms with Gasteiger partial charge in [-0.25, -0.2) is 4.98 Å². The second-order valence-corrected chi connectivity index (χ2v) is 5.14. The molecule has 0 atom stereocenters. The summed E-state index contributed by atoms with van der Waals surface area (Å²) in [4.78, 5) is 27.8. The summed E-state index contributed by atoms with van der Waals surface area (Å²) < 4.78 is 2.44. The van der Waals surface area contributed by atoms with Crippen LogP contribution in [0.15, 0.2) is 34.9 Å². The fourth-order valence-electron chi connectivity index (χ4n) is 1.66. The topological polar surface area (TPSA) is 76.0 Å². The molecular formula is C13H13BrN4O2. The van der Waals surface area contributed by atoms with E-state index in [9.17, 15) is 9.59 Å². The highest BCUT2D eigenvalue weighted by Crippen LogP contribution is 2.13. The minimum Gasteiger partial charge on any atom is -0.345 e. The average molecular weight is 337 g/mol. The van der Waals surface area contributed by atoms with Gasteiger partial charge in [0, 0.05) is 23.4 Å². The number of pyridine rings is 1. The molecule has 2 heterocycles. The van der Waals surface area contributed by atoms with Crippen molar-refractivity contribution in [3.63, 3.8) is 0 Å². The van der Waals surface area contributed by atoms with Crippen LogP contribution in [0.2, 0.25) is 0 Å². The van der Waals surface area contributed by atoms with Crippen LogP contribution in [0.5, 0.6) is 0 Å². The highest BCUT2D eigenvalue weighted by atomic mass is 79.9. The Kier molecular flexibility index (Phi) is 4.19. The van der Waals surface area contributed by atoms with Gasteiger partial charge in [0.05, 0.1) is 0 Å². The van der Waals surface area contributed by atoms with Gasteiger partial charge in [0.25, 0.3) is 11.8 Å². The third-order valence-electron chi connectivity index (χ3n) is 2.61. The van der Waals surface area contributed by atoms with Gasteiger partial charge in [-0.15, -0.1) is 0 Å². The standard InChI is InChI=1S/C13H13BrN4O2/c1-8-4-3-5-10(15-8)12(19)16-17-13(20)11-6-9(14)7-18(11)2/h3-7H,1-2H3,(H,16,19)(H,17,20). The second kappa shape index (κ2) is 5.87. The lowest BCUT2D eigenvalue weighted by atomic mass is 10.3. The first-order valence-electron chi connectivity index (χ1n) is 5.83. The maximum Gasteiger partial charge on any atom is 0.288 e. The van der Waals surface area contributed by atoms with Crippen molar-refractivity contribution in [1.29, 1.82) is 0 Å². The smallest absolute Gasteiger partial charge is 0.288 e. The zero-order valence-corrected chi connectivity index (χ0v) is 12.6. The van der Waals surface area contributed by atoms with Gasteiger partial charge in [0.15, 0.2) is 0 Å². The lowest BCUT2D eigenvalue weighted by Crippen LogP contribution is -2.42.